The molecule has 0 atom stereocenters. The molecule has 1 aromatic rings. The number of likely N-dealkylation sites (tertiary alicyclic amines) is 1. The van der Waals surface area contributed by atoms with Crippen molar-refractivity contribution >= 4 is 17.9 Å². The number of piperidine rings is 1. The minimum absolute atomic E-state index is 0.0191. The molecule has 1 saturated heterocycles. The Morgan fingerprint density at radius 2 is 2.05 bits per heavy atom. The van der Waals surface area contributed by atoms with Crippen molar-refractivity contribution in [2.24, 2.45) is 0 Å². The van der Waals surface area contributed by atoms with Crippen LogP contribution in [0.2, 0.25) is 0 Å². The monoisotopic (exact) mass is 310 g/mol. The van der Waals surface area contributed by atoms with E-state index in [2.05, 4.69) is 20.3 Å². The summed E-state index contributed by atoms with van der Waals surface area (Å²) in [5, 5.41) is 9.03. The predicted molar refractivity (Wildman–Crippen MR) is 79.5 cm³/mol. The van der Waals surface area contributed by atoms with Crippen molar-refractivity contribution in [1.82, 2.24) is 15.4 Å². The van der Waals surface area contributed by atoms with Crippen LogP contribution in [0.5, 0.6) is 0 Å². The Hall–Kier alpha value is -2.25. The third kappa shape index (κ3) is 4.94. The van der Waals surface area contributed by atoms with Gasteiger partial charge in [0.05, 0.1) is 0 Å². The van der Waals surface area contributed by atoms with Crippen LogP contribution < -0.4 is 10.6 Å². The highest BCUT2D eigenvalue weighted by molar-refractivity contribution is 5.88. The van der Waals surface area contributed by atoms with E-state index in [1.54, 1.807) is 11.0 Å². The highest BCUT2D eigenvalue weighted by Crippen LogP contribution is 2.15. The Morgan fingerprint density at radius 3 is 2.59 bits per heavy atom. The number of anilines is 1. The molecule has 1 aromatic heterocycles. The van der Waals surface area contributed by atoms with E-state index in [4.69, 9.17) is 4.74 Å². The molecule has 2 N–H and O–H groups in total. The molecule has 1 aliphatic rings. The van der Waals surface area contributed by atoms with E-state index in [0.717, 1.165) is 0 Å². The van der Waals surface area contributed by atoms with Crippen molar-refractivity contribution in [3.8, 4) is 0 Å². The van der Waals surface area contributed by atoms with E-state index in [1.165, 1.54) is 6.26 Å². The van der Waals surface area contributed by atoms with Crippen molar-refractivity contribution in [2.75, 3.05) is 18.4 Å². The third-order valence-electron chi connectivity index (χ3n) is 3.16. The van der Waals surface area contributed by atoms with Crippen LogP contribution in [0.1, 0.15) is 33.6 Å². The first-order valence-corrected chi connectivity index (χ1v) is 7.29. The molecular formula is C14H22N4O4. The van der Waals surface area contributed by atoms with Crippen LogP contribution in [0.3, 0.4) is 0 Å². The van der Waals surface area contributed by atoms with Gasteiger partial charge in [0, 0.05) is 25.2 Å². The molecule has 0 bridgehead atoms. The van der Waals surface area contributed by atoms with Crippen molar-refractivity contribution in [2.45, 2.75) is 45.3 Å². The number of amides is 3. The number of rotatable bonds is 2. The summed E-state index contributed by atoms with van der Waals surface area (Å²) in [5.74, 6) is 0.365. The highest BCUT2D eigenvalue weighted by Gasteiger charge is 2.27. The first-order chi connectivity index (χ1) is 10.3. The van der Waals surface area contributed by atoms with Crippen LogP contribution in [-0.4, -0.2) is 46.9 Å². The van der Waals surface area contributed by atoms with Gasteiger partial charge in [0.15, 0.2) is 5.82 Å². The van der Waals surface area contributed by atoms with Gasteiger partial charge in [-0.15, -0.1) is 0 Å². The third-order valence-corrected chi connectivity index (χ3v) is 3.16. The van der Waals surface area contributed by atoms with Gasteiger partial charge in [-0.1, -0.05) is 5.16 Å². The van der Waals surface area contributed by atoms with E-state index >= 15 is 0 Å². The zero-order valence-corrected chi connectivity index (χ0v) is 13.1. The first-order valence-electron chi connectivity index (χ1n) is 7.29. The zero-order valence-electron chi connectivity index (χ0n) is 13.1. The number of urea groups is 1. The number of ether oxygens (including phenoxy) is 1. The van der Waals surface area contributed by atoms with Crippen LogP contribution in [0.15, 0.2) is 16.9 Å². The molecule has 2 heterocycles. The Morgan fingerprint density at radius 1 is 1.36 bits per heavy atom. The summed E-state index contributed by atoms with van der Waals surface area (Å²) >= 11 is 0. The van der Waals surface area contributed by atoms with Crippen molar-refractivity contribution in [1.29, 1.82) is 0 Å². The number of hydrogen-bond donors (Lipinski definition) is 2. The Bertz CT molecular complexity index is 501. The maximum absolute atomic E-state index is 11.9. The minimum Gasteiger partial charge on any atom is -0.444 e. The van der Waals surface area contributed by atoms with E-state index < -0.39 is 5.60 Å². The summed E-state index contributed by atoms with van der Waals surface area (Å²) < 4.78 is 9.97. The number of nitrogens with one attached hydrogen (secondary N) is 2. The number of hydrogen-bond acceptors (Lipinski definition) is 5. The van der Waals surface area contributed by atoms with Crippen molar-refractivity contribution in [3.63, 3.8) is 0 Å². The summed E-state index contributed by atoms with van der Waals surface area (Å²) in [4.78, 5) is 25.4. The largest absolute Gasteiger partial charge is 0.444 e. The number of aromatic nitrogens is 1. The Kier molecular flexibility index (Phi) is 4.89. The Labute approximate surface area is 129 Å². The molecule has 2 rings (SSSR count). The fraction of sp³-hybridized carbons (Fsp3) is 0.643. The van der Waals surface area contributed by atoms with Gasteiger partial charge in [-0.3, -0.25) is 5.32 Å². The molecule has 122 valence electrons. The minimum atomic E-state index is -0.496. The first kappa shape index (κ1) is 16.1. The number of nitrogens with zero attached hydrogens (tertiary/aromatic N) is 2. The summed E-state index contributed by atoms with van der Waals surface area (Å²) in [5.41, 5.74) is -0.496. The van der Waals surface area contributed by atoms with Gasteiger partial charge in [-0.25, -0.2) is 9.59 Å². The van der Waals surface area contributed by atoms with Gasteiger partial charge in [0.1, 0.15) is 11.9 Å². The molecule has 1 aliphatic heterocycles. The molecule has 1 fully saturated rings. The molecule has 0 unspecified atom stereocenters. The molecule has 0 aliphatic carbocycles. The van der Waals surface area contributed by atoms with E-state index in [9.17, 15) is 9.59 Å². The van der Waals surface area contributed by atoms with Gasteiger partial charge < -0.3 is 19.5 Å². The van der Waals surface area contributed by atoms with Crippen LogP contribution in [0, 0.1) is 0 Å². The second kappa shape index (κ2) is 6.67. The normalized spacial score (nSPS) is 16.2. The molecule has 0 radical (unpaired) electrons. The van der Waals surface area contributed by atoms with Crippen LogP contribution in [-0.2, 0) is 4.74 Å². The van der Waals surface area contributed by atoms with E-state index in [0.29, 0.717) is 31.7 Å². The second-order valence-corrected chi connectivity index (χ2v) is 6.22. The summed E-state index contributed by atoms with van der Waals surface area (Å²) in [7, 11) is 0. The SMILES string of the molecule is CC(C)(C)OC(=O)N1CCC(NC(=O)Nc2ccon2)CC1. The van der Waals surface area contributed by atoms with Gasteiger partial charge in [-0.2, -0.15) is 0 Å². The topological polar surface area (TPSA) is 96.7 Å². The van der Waals surface area contributed by atoms with Gasteiger partial charge in [-0.05, 0) is 33.6 Å². The molecular weight excluding hydrogens is 288 g/mol. The summed E-state index contributed by atoms with van der Waals surface area (Å²) in [6.45, 7) is 6.64. The molecule has 0 aromatic carbocycles. The quantitative estimate of drug-likeness (QED) is 0.873. The average molecular weight is 310 g/mol. The summed E-state index contributed by atoms with van der Waals surface area (Å²) in [6, 6.07) is 1.25. The fourth-order valence-corrected chi connectivity index (χ4v) is 2.15. The molecule has 3 amide bonds. The molecule has 22 heavy (non-hydrogen) atoms. The maximum atomic E-state index is 11.9. The lowest BCUT2D eigenvalue weighted by molar-refractivity contribution is 0.0202. The predicted octanol–water partition coefficient (Wildman–Crippen LogP) is 2.20. The van der Waals surface area contributed by atoms with Gasteiger partial charge in [0.2, 0.25) is 0 Å². The van der Waals surface area contributed by atoms with Gasteiger partial charge in [0.25, 0.3) is 0 Å². The smallest absolute Gasteiger partial charge is 0.410 e. The van der Waals surface area contributed by atoms with Crippen molar-refractivity contribution < 1.29 is 18.8 Å². The van der Waals surface area contributed by atoms with Gasteiger partial charge >= 0.3 is 12.1 Å². The lowest BCUT2D eigenvalue weighted by atomic mass is 10.1. The second-order valence-electron chi connectivity index (χ2n) is 6.22. The molecule has 8 heteroatoms. The highest BCUT2D eigenvalue weighted by atomic mass is 16.6. The lowest BCUT2D eigenvalue weighted by Crippen LogP contribution is -2.48. The zero-order chi connectivity index (χ0) is 16.2. The summed E-state index contributed by atoms with van der Waals surface area (Å²) in [6.07, 6.45) is 2.45. The van der Waals surface area contributed by atoms with Crippen LogP contribution >= 0.6 is 0 Å². The number of carbonyl (C=O) groups excluding carboxylic acids is 2. The fourth-order valence-electron chi connectivity index (χ4n) is 2.15. The molecule has 0 saturated carbocycles. The lowest BCUT2D eigenvalue weighted by Gasteiger charge is -2.33. The van der Waals surface area contributed by atoms with Crippen LogP contribution in [0.4, 0.5) is 15.4 Å². The number of carbonyl (C=O) groups is 2. The molecule has 0 spiro atoms. The maximum Gasteiger partial charge on any atom is 0.410 e. The standard InChI is InChI=1S/C14H22N4O4/c1-14(2,3)22-13(20)18-7-4-10(5-8-18)15-12(19)16-11-6-9-21-17-11/h6,9-10H,4-5,7-8H2,1-3H3,(H2,15,16,17,19). The molecule has 8 nitrogen and oxygen atoms in total. The van der Waals surface area contributed by atoms with E-state index in [-0.39, 0.29) is 18.2 Å². The Balaban J connectivity index is 1.73. The van der Waals surface area contributed by atoms with Crippen LogP contribution in [0.25, 0.3) is 0 Å². The average Bonchev–Trinajstić information content (AvgIpc) is 2.90. The van der Waals surface area contributed by atoms with Crippen molar-refractivity contribution in [3.05, 3.63) is 12.3 Å². The van der Waals surface area contributed by atoms with E-state index in [1.807, 2.05) is 20.8 Å².